The second-order valence-corrected chi connectivity index (χ2v) is 7.30. The minimum atomic E-state index is -3.77. The van der Waals surface area contributed by atoms with Gasteiger partial charge in [0.1, 0.15) is 6.04 Å². The van der Waals surface area contributed by atoms with Crippen molar-refractivity contribution in [3.8, 4) is 0 Å². The largest absolute Gasteiger partial charge is 0.480 e. The lowest BCUT2D eigenvalue weighted by Crippen LogP contribution is -2.41. The first-order valence-electron chi connectivity index (χ1n) is 5.98. The average Bonchev–Trinajstić information content (AvgIpc) is 2.84. The standard InChI is InChI=1S/C12H13Cl2NO4S/c13-9-3-1-4-10(14)8(9)7-20(18,19)15-6-2-5-11(15)12(16)17/h1,3-4,11H,2,5-7H2,(H,16,17)/t11-/m0/s1. The Hall–Kier alpha value is -0.820. The SMILES string of the molecule is O=C(O)[C@@H]1CCCN1S(=O)(=O)Cc1c(Cl)cccc1Cl. The lowest BCUT2D eigenvalue weighted by atomic mass is 10.2. The number of carboxylic acid groups (broad SMARTS) is 1. The number of nitrogens with zero attached hydrogens (tertiary/aromatic N) is 1. The molecule has 0 aliphatic carbocycles. The fraction of sp³-hybridized carbons (Fsp3) is 0.417. The van der Waals surface area contributed by atoms with Crippen molar-refractivity contribution in [1.82, 2.24) is 4.31 Å². The molecule has 1 saturated heterocycles. The zero-order valence-corrected chi connectivity index (χ0v) is 12.7. The monoisotopic (exact) mass is 337 g/mol. The van der Waals surface area contributed by atoms with Crippen molar-refractivity contribution < 1.29 is 18.3 Å². The maximum atomic E-state index is 12.4. The molecule has 1 aromatic carbocycles. The molecule has 0 radical (unpaired) electrons. The third-order valence-corrected chi connectivity index (χ3v) is 5.75. The maximum absolute atomic E-state index is 12.4. The Morgan fingerprint density at radius 2 is 1.95 bits per heavy atom. The van der Waals surface area contributed by atoms with Crippen molar-refractivity contribution in [3.05, 3.63) is 33.8 Å². The van der Waals surface area contributed by atoms with Gasteiger partial charge in [0.05, 0.1) is 5.75 Å². The van der Waals surface area contributed by atoms with Gasteiger partial charge in [-0.2, -0.15) is 4.31 Å². The van der Waals surface area contributed by atoms with E-state index in [9.17, 15) is 13.2 Å². The average molecular weight is 338 g/mol. The van der Waals surface area contributed by atoms with E-state index in [1.54, 1.807) is 18.2 Å². The summed E-state index contributed by atoms with van der Waals surface area (Å²) in [4.78, 5) is 11.1. The summed E-state index contributed by atoms with van der Waals surface area (Å²) in [6.07, 6.45) is 0.858. The minimum absolute atomic E-state index is 0.210. The normalized spacial score (nSPS) is 20.2. The molecule has 0 bridgehead atoms. The summed E-state index contributed by atoms with van der Waals surface area (Å²) in [5.41, 5.74) is 0.298. The Kier molecular flexibility index (Phi) is 4.59. The van der Waals surface area contributed by atoms with Crippen LogP contribution in [0.1, 0.15) is 18.4 Å². The summed E-state index contributed by atoms with van der Waals surface area (Å²) < 4.78 is 25.8. The molecule has 0 saturated carbocycles. The summed E-state index contributed by atoms with van der Waals surface area (Å²) in [7, 11) is -3.77. The Labute approximate surface area is 127 Å². The Morgan fingerprint density at radius 3 is 2.50 bits per heavy atom. The van der Waals surface area contributed by atoms with Crippen molar-refractivity contribution in [2.75, 3.05) is 6.54 Å². The van der Waals surface area contributed by atoms with Crippen molar-refractivity contribution in [1.29, 1.82) is 0 Å². The Balaban J connectivity index is 2.30. The van der Waals surface area contributed by atoms with E-state index in [2.05, 4.69) is 0 Å². The van der Waals surface area contributed by atoms with Crippen LogP contribution in [0.4, 0.5) is 0 Å². The van der Waals surface area contributed by atoms with E-state index in [-0.39, 0.29) is 16.6 Å². The molecule has 0 unspecified atom stereocenters. The number of carboxylic acids is 1. The van der Waals surface area contributed by atoms with Crippen LogP contribution in [-0.2, 0) is 20.6 Å². The first kappa shape index (κ1) is 15.6. The van der Waals surface area contributed by atoms with Crippen molar-refractivity contribution in [2.24, 2.45) is 0 Å². The molecule has 1 aliphatic rings. The summed E-state index contributed by atoms with van der Waals surface area (Å²) in [6.45, 7) is 0.210. The molecule has 0 aromatic heterocycles. The van der Waals surface area contributed by atoms with E-state index in [0.29, 0.717) is 18.4 Å². The number of aliphatic carboxylic acids is 1. The third kappa shape index (κ3) is 3.09. The molecule has 1 N–H and O–H groups in total. The van der Waals surface area contributed by atoms with Crippen LogP contribution >= 0.6 is 23.2 Å². The van der Waals surface area contributed by atoms with Crippen molar-refractivity contribution in [3.63, 3.8) is 0 Å². The Bertz CT molecular complexity index is 612. The lowest BCUT2D eigenvalue weighted by molar-refractivity contribution is -0.140. The molecule has 110 valence electrons. The fourth-order valence-corrected chi connectivity index (χ4v) is 4.78. The third-order valence-electron chi connectivity index (χ3n) is 3.23. The highest BCUT2D eigenvalue weighted by atomic mass is 35.5. The Morgan fingerprint density at radius 1 is 1.35 bits per heavy atom. The van der Waals surface area contributed by atoms with Gasteiger partial charge in [-0.3, -0.25) is 4.79 Å². The van der Waals surface area contributed by atoms with Crippen LogP contribution in [0.25, 0.3) is 0 Å². The summed E-state index contributed by atoms with van der Waals surface area (Å²) in [6, 6.07) is 3.73. The van der Waals surface area contributed by atoms with Crippen LogP contribution in [0.3, 0.4) is 0 Å². The maximum Gasteiger partial charge on any atom is 0.322 e. The quantitative estimate of drug-likeness (QED) is 0.915. The molecule has 1 aliphatic heterocycles. The van der Waals surface area contributed by atoms with Gasteiger partial charge >= 0.3 is 5.97 Å². The number of benzene rings is 1. The molecule has 1 fully saturated rings. The van der Waals surface area contributed by atoms with E-state index in [4.69, 9.17) is 28.3 Å². The van der Waals surface area contributed by atoms with Gasteiger partial charge in [-0.25, -0.2) is 8.42 Å². The molecule has 5 nitrogen and oxygen atoms in total. The van der Waals surface area contributed by atoms with Gasteiger partial charge in [0.15, 0.2) is 0 Å². The van der Waals surface area contributed by atoms with Gasteiger partial charge in [0.2, 0.25) is 10.0 Å². The smallest absolute Gasteiger partial charge is 0.322 e. The molecule has 1 aromatic rings. The first-order valence-corrected chi connectivity index (χ1v) is 8.34. The number of hydrogen-bond acceptors (Lipinski definition) is 3. The highest BCUT2D eigenvalue weighted by Gasteiger charge is 2.38. The van der Waals surface area contributed by atoms with E-state index < -0.39 is 27.8 Å². The van der Waals surface area contributed by atoms with Gasteiger partial charge in [0.25, 0.3) is 0 Å². The molecular formula is C12H13Cl2NO4S. The van der Waals surface area contributed by atoms with Crippen molar-refractivity contribution in [2.45, 2.75) is 24.6 Å². The summed E-state index contributed by atoms with van der Waals surface area (Å²) >= 11 is 11.9. The molecule has 1 atom stereocenters. The van der Waals surface area contributed by atoms with Gasteiger partial charge in [0, 0.05) is 22.2 Å². The number of sulfonamides is 1. The fourth-order valence-electron chi connectivity index (χ4n) is 2.26. The van der Waals surface area contributed by atoms with Gasteiger partial charge in [-0.15, -0.1) is 0 Å². The van der Waals surface area contributed by atoms with Crippen LogP contribution in [0.2, 0.25) is 10.0 Å². The number of rotatable bonds is 4. The molecular weight excluding hydrogens is 325 g/mol. The number of halogens is 2. The van der Waals surface area contributed by atoms with Gasteiger partial charge in [-0.05, 0) is 25.0 Å². The first-order chi connectivity index (χ1) is 9.33. The van der Waals surface area contributed by atoms with E-state index >= 15 is 0 Å². The summed E-state index contributed by atoms with van der Waals surface area (Å²) in [5.74, 6) is -1.52. The van der Waals surface area contributed by atoms with Crippen LogP contribution in [0, 0.1) is 0 Å². The van der Waals surface area contributed by atoms with Crippen LogP contribution in [0.5, 0.6) is 0 Å². The highest BCUT2D eigenvalue weighted by Crippen LogP contribution is 2.29. The van der Waals surface area contributed by atoms with E-state index in [0.717, 1.165) is 4.31 Å². The molecule has 8 heteroatoms. The second kappa shape index (κ2) is 5.89. The molecule has 0 spiro atoms. The summed E-state index contributed by atoms with van der Waals surface area (Å²) in [5, 5.41) is 9.58. The second-order valence-electron chi connectivity index (χ2n) is 4.56. The minimum Gasteiger partial charge on any atom is -0.480 e. The highest BCUT2D eigenvalue weighted by molar-refractivity contribution is 7.88. The molecule has 20 heavy (non-hydrogen) atoms. The van der Waals surface area contributed by atoms with Gasteiger partial charge in [-0.1, -0.05) is 29.3 Å². The van der Waals surface area contributed by atoms with E-state index in [1.165, 1.54) is 0 Å². The van der Waals surface area contributed by atoms with Gasteiger partial charge < -0.3 is 5.11 Å². The van der Waals surface area contributed by atoms with E-state index in [1.807, 2.05) is 0 Å². The molecule has 2 rings (SSSR count). The molecule has 0 amide bonds. The van der Waals surface area contributed by atoms with Crippen LogP contribution in [-0.4, -0.2) is 36.4 Å². The predicted octanol–water partition coefficient (Wildman–Crippen LogP) is 2.37. The van der Waals surface area contributed by atoms with Crippen molar-refractivity contribution >= 4 is 39.2 Å². The lowest BCUT2D eigenvalue weighted by Gasteiger charge is -2.21. The zero-order chi connectivity index (χ0) is 14.9. The zero-order valence-electron chi connectivity index (χ0n) is 10.4. The molecule has 1 heterocycles. The van der Waals surface area contributed by atoms with Crippen LogP contribution < -0.4 is 0 Å². The topological polar surface area (TPSA) is 74.7 Å². The number of hydrogen-bond donors (Lipinski definition) is 1. The van der Waals surface area contributed by atoms with Crippen LogP contribution in [0.15, 0.2) is 18.2 Å². The number of carbonyl (C=O) groups is 1. The predicted molar refractivity (Wildman–Crippen MR) is 76.4 cm³/mol.